The predicted molar refractivity (Wildman–Crippen MR) is 74.4 cm³/mol. The second-order valence-corrected chi connectivity index (χ2v) is 6.14. The van der Waals surface area contributed by atoms with Gasteiger partial charge in [0.05, 0.1) is 12.1 Å². The zero-order valence-electron chi connectivity index (χ0n) is 11.9. The van der Waals surface area contributed by atoms with Gasteiger partial charge in [0.15, 0.2) is 0 Å². The molecule has 0 bridgehead atoms. The smallest absolute Gasteiger partial charge is 0.109 e. The van der Waals surface area contributed by atoms with Crippen LogP contribution in [0.25, 0.3) is 0 Å². The normalized spacial score (nSPS) is 24.7. The Labute approximate surface area is 111 Å². The lowest BCUT2D eigenvalue weighted by molar-refractivity contribution is -0.698. The minimum Gasteiger partial charge on any atom is -0.376 e. The van der Waals surface area contributed by atoms with Crippen molar-refractivity contribution in [3.63, 3.8) is 0 Å². The topological polar surface area (TPSA) is 25.8 Å². The van der Waals surface area contributed by atoms with Gasteiger partial charge in [0.2, 0.25) is 0 Å². The van der Waals surface area contributed by atoms with Gasteiger partial charge in [0.1, 0.15) is 6.04 Å². The van der Waals surface area contributed by atoms with Crippen molar-refractivity contribution in [2.75, 3.05) is 13.2 Å². The minimum absolute atomic E-state index is 0.0761. The molecule has 0 amide bonds. The van der Waals surface area contributed by atoms with E-state index >= 15 is 0 Å². The van der Waals surface area contributed by atoms with Crippen molar-refractivity contribution in [2.45, 2.75) is 45.3 Å². The van der Waals surface area contributed by atoms with Crippen molar-refractivity contribution in [3.8, 4) is 0 Å². The Morgan fingerprint density at radius 2 is 2.06 bits per heavy atom. The average molecular weight is 248 g/mol. The van der Waals surface area contributed by atoms with E-state index in [1.165, 1.54) is 24.9 Å². The molecule has 0 spiro atoms. The van der Waals surface area contributed by atoms with Crippen LogP contribution in [0.15, 0.2) is 30.3 Å². The molecule has 0 unspecified atom stereocenters. The molecule has 0 aliphatic carbocycles. The molecule has 100 valence electrons. The van der Waals surface area contributed by atoms with Crippen molar-refractivity contribution in [3.05, 3.63) is 35.9 Å². The van der Waals surface area contributed by atoms with Crippen molar-refractivity contribution in [1.82, 2.24) is 0 Å². The first-order valence-electron chi connectivity index (χ1n) is 7.09. The van der Waals surface area contributed by atoms with Gasteiger partial charge in [0, 0.05) is 18.1 Å². The van der Waals surface area contributed by atoms with E-state index in [9.17, 15) is 0 Å². The molecule has 1 aliphatic rings. The second-order valence-electron chi connectivity index (χ2n) is 6.14. The van der Waals surface area contributed by atoms with Gasteiger partial charge in [-0.1, -0.05) is 30.3 Å². The third-order valence-corrected chi connectivity index (χ3v) is 3.95. The summed E-state index contributed by atoms with van der Waals surface area (Å²) in [5.74, 6) is 0.792. The van der Waals surface area contributed by atoms with E-state index in [0.717, 1.165) is 12.5 Å². The van der Waals surface area contributed by atoms with Crippen LogP contribution in [-0.4, -0.2) is 18.8 Å². The summed E-state index contributed by atoms with van der Waals surface area (Å²) in [5, 5.41) is 2.47. The Balaban J connectivity index is 1.81. The standard InChI is InChI=1S/C16H25NO/c1-13(15-7-5-4-6-8-15)17-12-14-9-10-18-16(2,3)11-14/h4-8,13-14,17H,9-12H2,1-3H3/p+1/t13-,14-/m0/s1. The molecule has 0 radical (unpaired) electrons. The highest BCUT2D eigenvalue weighted by Crippen LogP contribution is 2.27. The van der Waals surface area contributed by atoms with E-state index in [1.54, 1.807) is 0 Å². The summed E-state index contributed by atoms with van der Waals surface area (Å²) >= 11 is 0. The number of benzene rings is 1. The molecule has 2 rings (SSSR count). The van der Waals surface area contributed by atoms with Crippen molar-refractivity contribution < 1.29 is 10.1 Å². The third kappa shape index (κ3) is 3.82. The molecular formula is C16H26NO+. The first-order valence-corrected chi connectivity index (χ1v) is 7.09. The zero-order chi connectivity index (χ0) is 13.0. The maximum absolute atomic E-state index is 5.77. The molecule has 2 N–H and O–H groups in total. The fourth-order valence-corrected chi connectivity index (χ4v) is 2.85. The zero-order valence-corrected chi connectivity index (χ0v) is 11.9. The lowest BCUT2D eigenvalue weighted by Crippen LogP contribution is -2.86. The first kappa shape index (κ1) is 13.6. The molecular weight excluding hydrogens is 222 g/mol. The molecule has 1 aliphatic heterocycles. The largest absolute Gasteiger partial charge is 0.376 e. The molecule has 1 saturated heterocycles. The molecule has 1 fully saturated rings. The number of rotatable bonds is 4. The molecule has 2 heteroatoms. The van der Waals surface area contributed by atoms with Crippen molar-refractivity contribution >= 4 is 0 Å². The van der Waals surface area contributed by atoms with Crippen LogP contribution in [0.3, 0.4) is 0 Å². The van der Waals surface area contributed by atoms with Gasteiger partial charge >= 0.3 is 0 Å². The van der Waals surface area contributed by atoms with Crippen LogP contribution >= 0.6 is 0 Å². The summed E-state index contributed by atoms with van der Waals surface area (Å²) in [4.78, 5) is 0. The van der Waals surface area contributed by atoms with Gasteiger partial charge < -0.3 is 10.1 Å². The van der Waals surface area contributed by atoms with Crippen LogP contribution in [0, 0.1) is 5.92 Å². The van der Waals surface area contributed by atoms with Crippen LogP contribution < -0.4 is 5.32 Å². The Morgan fingerprint density at radius 1 is 1.33 bits per heavy atom. The number of quaternary nitrogens is 1. The predicted octanol–water partition coefficient (Wildman–Crippen LogP) is 2.52. The van der Waals surface area contributed by atoms with Crippen LogP contribution in [0.2, 0.25) is 0 Å². The maximum Gasteiger partial charge on any atom is 0.109 e. The molecule has 0 aromatic heterocycles. The molecule has 1 aromatic carbocycles. The van der Waals surface area contributed by atoms with Gasteiger partial charge in [-0.15, -0.1) is 0 Å². The van der Waals surface area contributed by atoms with Crippen LogP contribution in [-0.2, 0) is 4.74 Å². The van der Waals surface area contributed by atoms with E-state index < -0.39 is 0 Å². The van der Waals surface area contributed by atoms with E-state index in [2.05, 4.69) is 56.4 Å². The van der Waals surface area contributed by atoms with Gasteiger partial charge in [-0.25, -0.2) is 0 Å². The van der Waals surface area contributed by atoms with Crippen molar-refractivity contribution in [1.29, 1.82) is 0 Å². The van der Waals surface area contributed by atoms with Gasteiger partial charge in [-0.05, 0) is 33.6 Å². The minimum atomic E-state index is 0.0761. The highest BCUT2D eigenvalue weighted by Gasteiger charge is 2.29. The molecule has 2 atom stereocenters. The number of hydrogen-bond donors (Lipinski definition) is 1. The lowest BCUT2D eigenvalue weighted by Gasteiger charge is -2.35. The first-order chi connectivity index (χ1) is 8.57. The fourth-order valence-electron chi connectivity index (χ4n) is 2.85. The SMILES string of the molecule is C[C@H]([NH2+]C[C@H]1CCOC(C)(C)C1)c1ccccc1. The Morgan fingerprint density at radius 3 is 2.72 bits per heavy atom. The Hall–Kier alpha value is -0.860. The number of hydrogen-bond acceptors (Lipinski definition) is 1. The van der Waals surface area contributed by atoms with Crippen LogP contribution in [0.4, 0.5) is 0 Å². The highest BCUT2D eigenvalue weighted by molar-refractivity contribution is 5.16. The molecule has 1 heterocycles. The van der Waals surface area contributed by atoms with E-state index in [1.807, 2.05) is 0 Å². The summed E-state index contributed by atoms with van der Waals surface area (Å²) in [6, 6.07) is 11.3. The van der Waals surface area contributed by atoms with Gasteiger partial charge in [0.25, 0.3) is 0 Å². The van der Waals surface area contributed by atoms with E-state index in [0.29, 0.717) is 6.04 Å². The monoisotopic (exact) mass is 248 g/mol. The fraction of sp³-hybridized carbons (Fsp3) is 0.625. The number of nitrogens with two attached hydrogens (primary N) is 1. The summed E-state index contributed by atoms with van der Waals surface area (Å²) in [6.07, 6.45) is 2.40. The number of ether oxygens (including phenoxy) is 1. The summed E-state index contributed by atoms with van der Waals surface area (Å²) in [6.45, 7) is 8.84. The quantitative estimate of drug-likeness (QED) is 0.870. The summed E-state index contributed by atoms with van der Waals surface area (Å²) in [7, 11) is 0. The van der Waals surface area contributed by atoms with Crippen molar-refractivity contribution in [2.24, 2.45) is 5.92 Å². The van der Waals surface area contributed by atoms with Gasteiger partial charge in [-0.2, -0.15) is 0 Å². The van der Waals surface area contributed by atoms with E-state index in [-0.39, 0.29) is 5.60 Å². The second kappa shape index (κ2) is 5.85. The summed E-state index contributed by atoms with van der Waals surface area (Å²) in [5.41, 5.74) is 1.50. The molecule has 2 nitrogen and oxygen atoms in total. The highest BCUT2D eigenvalue weighted by atomic mass is 16.5. The van der Waals surface area contributed by atoms with Crippen LogP contribution in [0.5, 0.6) is 0 Å². The van der Waals surface area contributed by atoms with Gasteiger partial charge in [-0.3, -0.25) is 0 Å². The Kier molecular flexibility index (Phi) is 4.41. The molecule has 0 saturated carbocycles. The summed E-state index contributed by atoms with van der Waals surface area (Å²) < 4.78 is 5.77. The average Bonchev–Trinajstić information content (AvgIpc) is 2.36. The Bertz CT molecular complexity index is 361. The molecule has 18 heavy (non-hydrogen) atoms. The van der Waals surface area contributed by atoms with Crippen LogP contribution in [0.1, 0.15) is 45.2 Å². The lowest BCUT2D eigenvalue weighted by atomic mass is 9.88. The van der Waals surface area contributed by atoms with E-state index in [4.69, 9.17) is 4.74 Å². The molecule has 1 aromatic rings. The third-order valence-electron chi connectivity index (χ3n) is 3.95. The maximum atomic E-state index is 5.77.